The van der Waals surface area contributed by atoms with E-state index < -0.39 is 0 Å². The van der Waals surface area contributed by atoms with Crippen molar-refractivity contribution in [3.63, 3.8) is 0 Å². The van der Waals surface area contributed by atoms with Gasteiger partial charge in [0.05, 0.1) is 11.7 Å². The molecule has 0 amide bonds. The normalized spacial score (nSPS) is 17.9. The summed E-state index contributed by atoms with van der Waals surface area (Å²) in [7, 11) is 0. The summed E-state index contributed by atoms with van der Waals surface area (Å²) in [6.07, 6.45) is 8.52. The van der Waals surface area contributed by atoms with Crippen LogP contribution in [0.4, 0.5) is 5.69 Å². The fourth-order valence-electron chi connectivity index (χ4n) is 6.60. The van der Waals surface area contributed by atoms with E-state index in [2.05, 4.69) is 136 Å². The number of para-hydroxylation sites is 2. The molecule has 4 aromatic carbocycles. The van der Waals surface area contributed by atoms with Crippen LogP contribution in [-0.4, -0.2) is 5.11 Å². The molecule has 0 aromatic heterocycles. The maximum absolute atomic E-state index is 10.5. The number of nitrogens with zero attached hydrogens (tertiary/aromatic N) is 1. The van der Waals surface area contributed by atoms with Crippen LogP contribution in [-0.2, 0) is 0 Å². The van der Waals surface area contributed by atoms with E-state index in [4.69, 9.17) is 0 Å². The molecule has 0 radical (unpaired) electrons. The number of hydrogen-bond donors (Lipinski definition) is 3. The number of nitrogens with one attached hydrogen (secondary N) is 2. The van der Waals surface area contributed by atoms with Crippen LogP contribution in [0.15, 0.2) is 109 Å². The molecule has 0 aliphatic carbocycles. The van der Waals surface area contributed by atoms with Gasteiger partial charge in [-0.25, -0.2) is 0 Å². The Morgan fingerprint density at radius 1 is 0.705 bits per heavy atom. The lowest BCUT2D eigenvalue weighted by molar-refractivity contribution is 0.472. The van der Waals surface area contributed by atoms with Crippen molar-refractivity contribution < 1.29 is 5.11 Å². The van der Waals surface area contributed by atoms with E-state index in [1.54, 1.807) is 6.07 Å². The van der Waals surface area contributed by atoms with Crippen molar-refractivity contribution in [2.75, 3.05) is 4.90 Å². The Labute approximate surface area is 262 Å². The third-order valence-electron chi connectivity index (χ3n) is 8.85. The third kappa shape index (κ3) is 5.53. The van der Waals surface area contributed by atoms with Crippen molar-refractivity contribution in [1.29, 1.82) is 0 Å². The molecule has 2 heterocycles. The second-order valence-corrected chi connectivity index (χ2v) is 12.6. The van der Waals surface area contributed by atoms with E-state index in [1.807, 2.05) is 24.3 Å². The molecule has 0 saturated carbocycles. The van der Waals surface area contributed by atoms with Crippen molar-refractivity contribution in [2.24, 2.45) is 0 Å². The van der Waals surface area contributed by atoms with Gasteiger partial charge in [-0.3, -0.25) is 0 Å². The van der Waals surface area contributed by atoms with Gasteiger partial charge in [0.25, 0.3) is 0 Å². The van der Waals surface area contributed by atoms with Gasteiger partial charge in [-0.1, -0.05) is 107 Å². The zero-order valence-corrected chi connectivity index (χ0v) is 26.6. The summed E-state index contributed by atoms with van der Waals surface area (Å²) in [6.45, 7) is 13.5. The molecular weight excluding hydrogens is 538 g/mol. The average Bonchev–Trinajstić information content (AvgIpc) is 3.45. The number of phenols is 1. The quantitative estimate of drug-likeness (QED) is 0.203. The first-order valence-electron chi connectivity index (χ1n) is 15.7. The predicted molar refractivity (Wildman–Crippen MR) is 184 cm³/mol. The highest BCUT2D eigenvalue weighted by atomic mass is 16.3. The summed E-state index contributed by atoms with van der Waals surface area (Å²) in [5, 5.41) is 18.1. The molecule has 4 heteroatoms. The topological polar surface area (TPSA) is 47.5 Å². The van der Waals surface area contributed by atoms with Gasteiger partial charge in [-0.05, 0) is 83.3 Å². The minimum atomic E-state index is -0.0814. The van der Waals surface area contributed by atoms with Crippen LogP contribution in [0.5, 0.6) is 5.75 Å². The molecule has 4 aromatic rings. The molecule has 44 heavy (non-hydrogen) atoms. The van der Waals surface area contributed by atoms with Gasteiger partial charge in [0.15, 0.2) is 0 Å². The Morgan fingerprint density at radius 2 is 1.34 bits per heavy atom. The van der Waals surface area contributed by atoms with Gasteiger partial charge in [-0.2, -0.15) is 0 Å². The Kier molecular flexibility index (Phi) is 8.09. The zero-order valence-electron chi connectivity index (χ0n) is 26.6. The number of allylic oxidation sites excluding steroid dienone is 2. The summed E-state index contributed by atoms with van der Waals surface area (Å²) < 4.78 is 0. The molecule has 2 atom stereocenters. The lowest BCUT2D eigenvalue weighted by Crippen LogP contribution is -2.29. The highest BCUT2D eigenvalue weighted by Crippen LogP contribution is 2.43. The first-order valence-corrected chi connectivity index (χ1v) is 15.7. The molecule has 4 nitrogen and oxygen atoms in total. The molecular formula is C40H43N3O. The third-order valence-corrected chi connectivity index (χ3v) is 8.85. The summed E-state index contributed by atoms with van der Waals surface area (Å²) in [5.74, 6) is 1.03. The zero-order chi connectivity index (χ0) is 31.0. The molecule has 0 saturated heterocycles. The van der Waals surface area contributed by atoms with Gasteiger partial charge in [0, 0.05) is 28.7 Å². The van der Waals surface area contributed by atoms with Crippen LogP contribution in [0.25, 0.3) is 11.4 Å². The number of aromatic hydroxyl groups is 1. The summed E-state index contributed by atoms with van der Waals surface area (Å²) in [6, 6.07) is 29.6. The number of dihydropyridines is 1. The van der Waals surface area contributed by atoms with Crippen LogP contribution in [0, 0.1) is 13.8 Å². The van der Waals surface area contributed by atoms with Gasteiger partial charge in [-0.15, -0.1) is 0 Å². The molecule has 2 unspecified atom stereocenters. The fourth-order valence-corrected chi connectivity index (χ4v) is 6.60. The molecule has 0 fully saturated rings. The number of anilines is 1. The molecule has 2 aliphatic rings. The highest BCUT2D eigenvalue weighted by Gasteiger charge is 2.32. The van der Waals surface area contributed by atoms with Crippen LogP contribution < -0.4 is 15.5 Å². The van der Waals surface area contributed by atoms with E-state index in [0.717, 1.165) is 17.0 Å². The molecule has 2 aliphatic heterocycles. The maximum Gasteiger partial charge on any atom is 0.130 e. The van der Waals surface area contributed by atoms with Gasteiger partial charge in [0.2, 0.25) is 0 Å². The van der Waals surface area contributed by atoms with E-state index in [0.29, 0.717) is 11.8 Å². The molecule has 224 valence electrons. The minimum Gasteiger partial charge on any atom is -0.507 e. The van der Waals surface area contributed by atoms with E-state index in [1.165, 1.54) is 44.6 Å². The Bertz CT molecular complexity index is 1730. The number of rotatable bonds is 7. The van der Waals surface area contributed by atoms with Crippen LogP contribution in [0.1, 0.15) is 96.2 Å². The summed E-state index contributed by atoms with van der Waals surface area (Å²) in [4.78, 5) is 2.47. The second kappa shape index (κ2) is 12.1. The average molecular weight is 582 g/mol. The maximum atomic E-state index is 10.5. The molecule has 0 bridgehead atoms. The molecule has 3 N–H and O–H groups in total. The van der Waals surface area contributed by atoms with Crippen molar-refractivity contribution in [1.82, 2.24) is 10.6 Å². The minimum absolute atomic E-state index is 0.0235. The Balaban J connectivity index is 1.43. The Morgan fingerprint density at radius 3 is 2.02 bits per heavy atom. The summed E-state index contributed by atoms with van der Waals surface area (Å²) in [5.41, 5.74) is 13.0. The van der Waals surface area contributed by atoms with Crippen molar-refractivity contribution in [3.8, 4) is 5.75 Å². The van der Waals surface area contributed by atoms with Crippen molar-refractivity contribution in [3.05, 3.63) is 154 Å². The van der Waals surface area contributed by atoms with E-state index >= 15 is 0 Å². The first kappa shape index (κ1) is 29.4. The monoisotopic (exact) mass is 581 g/mol. The Hall–Kier alpha value is -4.70. The lowest BCUT2D eigenvalue weighted by atomic mass is 9.91. The largest absolute Gasteiger partial charge is 0.507 e. The van der Waals surface area contributed by atoms with Crippen LogP contribution in [0.3, 0.4) is 0 Å². The molecule has 6 rings (SSSR count). The lowest BCUT2D eigenvalue weighted by Gasteiger charge is -2.32. The molecule has 0 spiro atoms. The van der Waals surface area contributed by atoms with E-state index in [9.17, 15) is 5.11 Å². The van der Waals surface area contributed by atoms with E-state index in [-0.39, 0.29) is 18.0 Å². The van der Waals surface area contributed by atoms with Crippen molar-refractivity contribution >= 4 is 17.1 Å². The van der Waals surface area contributed by atoms with Crippen molar-refractivity contribution in [2.45, 2.75) is 65.6 Å². The number of benzene rings is 4. The fraction of sp³-hybridized carbons (Fsp3) is 0.250. The second-order valence-electron chi connectivity index (χ2n) is 12.6. The van der Waals surface area contributed by atoms with Gasteiger partial charge in [0.1, 0.15) is 11.9 Å². The van der Waals surface area contributed by atoms with Crippen LogP contribution >= 0.6 is 0 Å². The predicted octanol–water partition coefficient (Wildman–Crippen LogP) is 9.60. The smallest absolute Gasteiger partial charge is 0.130 e. The number of aryl methyl sites for hydroxylation is 2. The standard InChI is InChI=1S/C40H43N3O/c1-25(2)31-18-11-19-32(26(3)4)39(31)43-24-36(38-27(5)13-9-14-28(38)6)42-40(43)30-16-10-15-29(23-30)34-20-12-21-35(41-34)33-17-7-8-22-37(33)44/h7-26,34,40-42,44H,1-6H3. The van der Waals surface area contributed by atoms with Crippen LogP contribution in [0.2, 0.25) is 0 Å². The van der Waals surface area contributed by atoms with Gasteiger partial charge >= 0.3 is 0 Å². The number of phenolic OH excluding ortho intramolecular Hbond substituents is 1. The summed E-state index contributed by atoms with van der Waals surface area (Å²) >= 11 is 0. The SMILES string of the molecule is Cc1cccc(C)c1C1=CN(c2c(C(C)C)cccc2C(C)C)C(c2cccc(C3C=CC=C(c4ccccc4O)N3)c2)N1. The van der Waals surface area contributed by atoms with Gasteiger partial charge < -0.3 is 20.6 Å². The number of hydrogen-bond acceptors (Lipinski definition) is 4. The highest BCUT2D eigenvalue weighted by molar-refractivity contribution is 5.78. The first-order chi connectivity index (χ1) is 21.2.